The van der Waals surface area contributed by atoms with Crippen molar-refractivity contribution >= 4 is 17.2 Å². The third-order valence-electron chi connectivity index (χ3n) is 3.55. The maximum atomic E-state index is 10.9. The first kappa shape index (κ1) is 13.1. The third-order valence-corrected chi connectivity index (χ3v) is 3.55. The highest BCUT2D eigenvalue weighted by atomic mass is 16.6. The van der Waals surface area contributed by atoms with Gasteiger partial charge in [0.1, 0.15) is 0 Å². The molecule has 106 valence electrons. The van der Waals surface area contributed by atoms with E-state index in [0.29, 0.717) is 17.9 Å². The van der Waals surface area contributed by atoms with Gasteiger partial charge in [-0.3, -0.25) is 10.1 Å². The number of fused-ring (bicyclic) bond motifs is 1. The number of hydrogen-bond acceptors (Lipinski definition) is 4. The van der Waals surface area contributed by atoms with Crippen LogP contribution >= 0.6 is 0 Å². The molecular formula is C15H13N3O3. The largest absolute Gasteiger partial charge is 0.409 e. The molecule has 1 heterocycles. The van der Waals surface area contributed by atoms with Gasteiger partial charge in [-0.25, -0.2) is 0 Å². The number of benzene rings is 2. The summed E-state index contributed by atoms with van der Waals surface area (Å²) < 4.78 is 0. The number of nitrogens with zero attached hydrogens (tertiary/aromatic N) is 3. The summed E-state index contributed by atoms with van der Waals surface area (Å²) in [6.45, 7) is 0.682. The molecule has 1 N–H and O–H groups in total. The average molecular weight is 283 g/mol. The van der Waals surface area contributed by atoms with Gasteiger partial charge in [-0.15, -0.1) is 0 Å². The molecule has 1 aliphatic rings. The molecule has 0 saturated carbocycles. The molecule has 6 heteroatoms. The summed E-state index contributed by atoms with van der Waals surface area (Å²) in [5.74, 6) is 0.323. The zero-order valence-corrected chi connectivity index (χ0v) is 11.1. The number of amidine groups is 1. The van der Waals surface area contributed by atoms with Crippen LogP contribution in [-0.2, 0) is 6.42 Å². The van der Waals surface area contributed by atoms with Crippen molar-refractivity contribution in [1.82, 2.24) is 0 Å². The lowest BCUT2D eigenvalue weighted by atomic mass is 10.1. The molecule has 0 aliphatic carbocycles. The molecule has 0 amide bonds. The smallest absolute Gasteiger partial charge is 0.270 e. The van der Waals surface area contributed by atoms with Crippen LogP contribution in [0.15, 0.2) is 53.7 Å². The predicted molar refractivity (Wildman–Crippen MR) is 78.9 cm³/mol. The Balaban J connectivity index is 2.01. The first-order valence-electron chi connectivity index (χ1n) is 6.53. The number of hydrogen-bond donors (Lipinski definition) is 1. The van der Waals surface area contributed by atoms with Crippen molar-refractivity contribution < 1.29 is 10.1 Å². The Morgan fingerprint density at radius 2 is 2.05 bits per heavy atom. The number of rotatable bonds is 2. The molecule has 0 spiro atoms. The van der Waals surface area contributed by atoms with Gasteiger partial charge in [-0.05, 0) is 18.1 Å². The van der Waals surface area contributed by atoms with Crippen LogP contribution < -0.4 is 4.90 Å². The molecule has 0 bridgehead atoms. The van der Waals surface area contributed by atoms with Crippen molar-refractivity contribution in [1.29, 1.82) is 0 Å². The van der Waals surface area contributed by atoms with E-state index < -0.39 is 4.92 Å². The third kappa shape index (κ3) is 2.31. The van der Waals surface area contributed by atoms with Crippen molar-refractivity contribution in [3.63, 3.8) is 0 Å². The molecule has 2 aromatic carbocycles. The van der Waals surface area contributed by atoms with Crippen molar-refractivity contribution in [2.75, 3.05) is 11.4 Å². The van der Waals surface area contributed by atoms with E-state index in [-0.39, 0.29) is 5.69 Å². The van der Waals surface area contributed by atoms with Crippen LogP contribution in [0.5, 0.6) is 0 Å². The van der Waals surface area contributed by atoms with Crippen LogP contribution in [0.25, 0.3) is 0 Å². The summed E-state index contributed by atoms with van der Waals surface area (Å²) in [5, 5.41) is 23.6. The van der Waals surface area contributed by atoms with Gasteiger partial charge in [0.25, 0.3) is 5.69 Å². The van der Waals surface area contributed by atoms with E-state index in [1.165, 1.54) is 17.7 Å². The molecule has 21 heavy (non-hydrogen) atoms. The van der Waals surface area contributed by atoms with Crippen molar-refractivity contribution in [3.05, 3.63) is 69.8 Å². The second kappa shape index (κ2) is 5.24. The molecule has 0 unspecified atom stereocenters. The normalized spacial score (nSPS) is 14.1. The van der Waals surface area contributed by atoms with Crippen molar-refractivity contribution in [2.24, 2.45) is 5.16 Å². The fraction of sp³-hybridized carbons (Fsp3) is 0.133. The molecule has 0 radical (unpaired) electrons. The Morgan fingerprint density at radius 1 is 1.24 bits per heavy atom. The predicted octanol–water partition coefficient (Wildman–Crippen LogP) is 2.79. The van der Waals surface area contributed by atoms with Crippen LogP contribution in [-0.4, -0.2) is 22.5 Å². The number of nitro benzene ring substituents is 1. The van der Waals surface area contributed by atoms with Gasteiger partial charge in [0, 0.05) is 29.9 Å². The standard InChI is InChI=1S/C15H13N3O3/c19-16-15(12-5-3-6-13(10-12)18(20)21)17-9-8-11-4-1-2-7-14(11)17/h1-7,10,19H,8-9H2. The van der Waals surface area contributed by atoms with Gasteiger partial charge in [-0.1, -0.05) is 35.5 Å². The van der Waals surface area contributed by atoms with E-state index in [4.69, 9.17) is 0 Å². The Bertz CT molecular complexity index is 728. The van der Waals surface area contributed by atoms with Crippen molar-refractivity contribution in [3.8, 4) is 0 Å². The van der Waals surface area contributed by atoms with E-state index in [0.717, 1.165) is 12.1 Å². The Morgan fingerprint density at radius 3 is 2.81 bits per heavy atom. The molecule has 0 saturated heterocycles. The number of oxime groups is 1. The minimum absolute atomic E-state index is 0.0267. The van der Waals surface area contributed by atoms with E-state index in [9.17, 15) is 15.3 Å². The lowest BCUT2D eigenvalue weighted by Gasteiger charge is -2.20. The number of nitro groups is 1. The summed E-state index contributed by atoms with van der Waals surface area (Å²) in [7, 11) is 0. The molecule has 1 aliphatic heterocycles. The van der Waals surface area contributed by atoms with E-state index in [1.807, 2.05) is 29.2 Å². The fourth-order valence-corrected chi connectivity index (χ4v) is 2.58. The molecule has 6 nitrogen and oxygen atoms in total. The first-order chi connectivity index (χ1) is 10.2. The molecule has 0 atom stereocenters. The van der Waals surface area contributed by atoms with Gasteiger partial charge in [-0.2, -0.15) is 0 Å². The summed E-state index contributed by atoms with van der Waals surface area (Å²) in [5.41, 5.74) is 2.63. The monoisotopic (exact) mass is 283 g/mol. The fourth-order valence-electron chi connectivity index (χ4n) is 2.58. The highest BCUT2D eigenvalue weighted by molar-refractivity contribution is 6.10. The van der Waals surface area contributed by atoms with Crippen LogP contribution in [0.3, 0.4) is 0 Å². The van der Waals surface area contributed by atoms with Gasteiger partial charge in [0.2, 0.25) is 0 Å². The molecule has 3 rings (SSSR count). The van der Waals surface area contributed by atoms with Crippen LogP contribution in [0.1, 0.15) is 11.1 Å². The van der Waals surface area contributed by atoms with Gasteiger partial charge >= 0.3 is 0 Å². The van der Waals surface area contributed by atoms with E-state index >= 15 is 0 Å². The maximum absolute atomic E-state index is 10.9. The maximum Gasteiger partial charge on any atom is 0.270 e. The van der Waals surface area contributed by atoms with E-state index in [1.54, 1.807) is 12.1 Å². The lowest BCUT2D eigenvalue weighted by Crippen LogP contribution is -2.29. The molecule has 0 fully saturated rings. The number of non-ortho nitro benzene ring substituents is 1. The summed E-state index contributed by atoms with van der Waals surface area (Å²) >= 11 is 0. The highest BCUT2D eigenvalue weighted by Gasteiger charge is 2.25. The molecule has 0 aromatic heterocycles. The van der Waals surface area contributed by atoms with Gasteiger partial charge in [0.05, 0.1) is 4.92 Å². The Labute approximate surface area is 121 Å². The molecular weight excluding hydrogens is 270 g/mol. The minimum atomic E-state index is -0.462. The average Bonchev–Trinajstić information content (AvgIpc) is 2.93. The summed E-state index contributed by atoms with van der Waals surface area (Å²) in [4.78, 5) is 12.3. The minimum Gasteiger partial charge on any atom is -0.409 e. The zero-order chi connectivity index (χ0) is 14.8. The Kier molecular flexibility index (Phi) is 3.27. The SMILES string of the molecule is O=[N+]([O-])c1cccc(C(=NO)N2CCc3ccccc32)c1. The number of para-hydroxylation sites is 1. The van der Waals surface area contributed by atoms with Crippen molar-refractivity contribution in [2.45, 2.75) is 6.42 Å². The number of anilines is 1. The zero-order valence-electron chi connectivity index (χ0n) is 11.1. The summed E-state index contributed by atoms with van der Waals surface area (Å²) in [6, 6.07) is 14.0. The summed E-state index contributed by atoms with van der Waals surface area (Å²) in [6.07, 6.45) is 0.851. The lowest BCUT2D eigenvalue weighted by molar-refractivity contribution is -0.384. The molecule has 2 aromatic rings. The Hall–Kier alpha value is -2.89. The quantitative estimate of drug-likeness (QED) is 0.302. The highest BCUT2D eigenvalue weighted by Crippen LogP contribution is 2.29. The second-order valence-corrected chi connectivity index (χ2v) is 4.76. The van der Waals surface area contributed by atoms with Crippen LogP contribution in [0.4, 0.5) is 11.4 Å². The van der Waals surface area contributed by atoms with Gasteiger partial charge in [0.15, 0.2) is 5.84 Å². The van der Waals surface area contributed by atoms with Gasteiger partial charge < -0.3 is 10.1 Å². The second-order valence-electron chi connectivity index (χ2n) is 4.76. The van der Waals surface area contributed by atoms with E-state index in [2.05, 4.69) is 5.16 Å². The van der Waals surface area contributed by atoms with Crippen LogP contribution in [0.2, 0.25) is 0 Å². The first-order valence-corrected chi connectivity index (χ1v) is 6.53. The van der Waals surface area contributed by atoms with Crippen LogP contribution in [0, 0.1) is 10.1 Å². The topological polar surface area (TPSA) is 79.0 Å².